The summed E-state index contributed by atoms with van der Waals surface area (Å²) in [6.45, 7) is 8.77. The molecule has 1 atom stereocenters. The van der Waals surface area contributed by atoms with Gasteiger partial charge in [0, 0.05) is 36.0 Å². The van der Waals surface area contributed by atoms with E-state index in [1.54, 1.807) is 0 Å². The standard InChI is InChI=1S/C15H22N4/c1-15(2,3)13-10-19-12(6-8-17-14(19)18-13)11-5-4-7-16-9-11/h6,8,10-11,16H,4-5,7,9H2,1-3H3. The lowest BCUT2D eigenvalue weighted by atomic mass is 9.93. The molecule has 0 amide bonds. The number of fused-ring (bicyclic) bond motifs is 1. The molecule has 1 aliphatic rings. The van der Waals surface area contributed by atoms with Crippen LogP contribution in [0.4, 0.5) is 0 Å². The molecule has 1 unspecified atom stereocenters. The van der Waals surface area contributed by atoms with Gasteiger partial charge in [-0.2, -0.15) is 0 Å². The number of piperidine rings is 1. The largest absolute Gasteiger partial charge is 0.316 e. The first kappa shape index (κ1) is 12.6. The summed E-state index contributed by atoms with van der Waals surface area (Å²) in [4.78, 5) is 9.07. The summed E-state index contributed by atoms with van der Waals surface area (Å²) in [6.07, 6.45) is 6.54. The van der Waals surface area contributed by atoms with Crippen LogP contribution in [0.5, 0.6) is 0 Å². The highest BCUT2D eigenvalue weighted by atomic mass is 15.1. The Morgan fingerprint density at radius 3 is 2.89 bits per heavy atom. The van der Waals surface area contributed by atoms with Crippen LogP contribution < -0.4 is 5.32 Å². The number of imidazole rings is 1. The van der Waals surface area contributed by atoms with E-state index in [1.807, 2.05) is 6.20 Å². The summed E-state index contributed by atoms with van der Waals surface area (Å²) in [5, 5.41) is 3.48. The molecule has 1 saturated heterocycles. The van der Waals surface area contributed by atoms with Crippen molar-refractivity contribution in [3.8, 4) is 0 Å². The van der Waals surface area contributed by atoms with Gasteiger partial charge in [-0.3, -0.25) is 4.40 Å². The van der Waals surface area contributed by atoms with E-state index in [0.717, 1.165) is 24.6 Å². The van der Waals surface area contributed by atoms with Crippen molar-refractivity contribution in [3.05, 3.63) is 29.8 Å². The van der Waals surface area contributed by atoms with Crippen molar-refractivity contribution < 1.29 is 0 Å². The second-order valence-corrected chi connectivity index (χ2v) is 6.46. The van der Waals surface area contributed by atoms with Crippen LogP contribution in [0.25, 0.3) is 5.78 Å². The van der Waals surface area contributed by atoms with E-state index >= 15 is 0 Å². The van der Waals surface area contributed by atoms with E-state index in [1.165, 1.54) is 18.5 Å². The van der Waals surface area contributed by atoms with Gasteiger partial charge < -0.3 is 5.32 Å². The van der Waals surface area contributed by atoms with E-state index in [0.29, 0.717) is 5.92 Å². The van der Waals surface area contributed by atoms with Crippen molar-refractivity contribution in [1.82, 2.24) is 19.7 Å². The lowest BCUT2D eigenvalue weighted by Gasteiger charge is -2.23. The molecular formula is C15H22N4. The summed E-state index contributed by atoms with van der Waals surface area (Å²) < 4.78 is 2.18. The van der Waals surface area contributed by atoms with Crippen LogP contribution in [0, 0.1) is 0 Å². The summed E-state index contributed by atoms with van der Waals surface area (Å²) in [5.41, 5.74) is 2.51. The molecule has 102 valence electrons. The third-order valence-corrected chi connectivity index (χ3v) is 3.88. The molecular weight excluding hydrogens is 236 g/mol. The van der Waals surface area contributed by atoms with Crippen LogP contribution in [0.15, 0.2) is 18.5 Å². The van der Waals surface area contributed by atoms with Crippen LogP contribution >= 0.6 is 0 Å². The van der Waals surface area contributed by atoms with Gasteiger partial charge in [-0.25, -0.2) is 9.97 Å². The monoisotopic (exact) mass is 258 g/mol. The van der Waals surface area contributed by atoms with Gasteiger partial charge in [0.2, 0.25) is 5.78 Å². The fraction of sp³-hybridized carbons (Fsp3) is 0.600. The van der Waals surface area contributed by atoms with Gasteiger partial charge in [0.05, 0.1) is 5.69 Å². The minimum atomic E-state index is 0.0653. The molecule has 4 nitrogen and oxygen atoms in total. The van der Waals surface area contributed by atoms with E-state index < -0.39 is 0 Å². The van der Waals surface area contributed by atoms with Crippen molar-refractivity contribution in [2.75, 3.05) is 13.1 Å². The van der Waals surface area contributed by atoms with Crippen molar-refractivity contribution >= 4 is 5.78 Å². The Morgan fingerprint density at radius 1 is 1.37 bits per heavy atom. The molecule has 2 aromatic rings. The van der Waals surface area contributed by atoms with Crippen LogP contribution in [0.2, 0.25) is 0 Å². The third kappa shape index (κ3) is 2.37. The summed E-state index contributed by atoms with van der Waals surface area (Å²) in [7, 11) is 0. The highest BCUT2D eigenvalue weighted by Gasteiger charge is 2.22. The molecule has 2 aromatic heterocycles. The van der Waals surface area contributed by atoms with Crippen molar-refractivity contribution in [1.29, 1.82) is 0 Å². The number of hydrogen-bond donors (Lipinski definition) is 1. The van der Waals surface area contributed by atoms with E-state index in [4.69, 9.17) is 0 Å². The number of rotatable bonds is 1. The van der Waals surface area contributed by atoms with Crippen LogP contribution in [-0.2, 0) is 5.41 Å². The topological polar surface area (TPSA) is 42.2 Å². The number of nitrogens with zero attached hydrogens (tertiary/aromatic N) is 3. The predicted molar refractivity (Wildman–Crippen MR) is 76.5 cm³/mol. The van der Waals surface area contributed by atoms with E-state index in [-0.39, 0.29) is 5.41 Å². The van der Waals surface area contributed by atoms with Crippen LogP contribution in [0.1, 0.15) is 50.9 Å². The minimum absolute atomic E-state index is 0.0653. The van der Waals surface area contributed by atoms with Gasteiger partial charge >= 0.3 is 0 Å². The van der Waals surface area contributed by atoms with Crippen molar-refractivity contribution in [3.63, 3.8) is 0 Å². The zero-order valence-corrected chi connectivity index (χ0v) is 12.0. The van der Waals surface area contributed by atoms with Gasteiger partial charge in [-0.1, -0.05) is 20.8 Å². The van der Waals surface area contributed by atoms with Gasteiger partial charge in [0.1, 0.15) is 0 Å². The van der Waals surface area contributed by atoms with Gasteiger partial charge in [-0.05, 0) is 25.5 Å². The minimum Gasteiger partial charge on any atom is -0.316 e. The fourth-order valence-corrected chi connectivity index (χ4v) is 2.71. The van der Waals surface area contributed by atoms with Crippen molar-refractivity contribution in [2.24, 2.45) is 0 Å². The SMILES string of the molecule is CC(C)(C)c1cn2c(C3CCCNC3)ccnc2n1. The highest BCUT2D eigenvalue weighted by Crippen LogP contribution is 2.26. The lowest BCUT2D eigenvalue weighted by Crippen LogP contribution is -2.29. The fourth-order valence-electron chi connectivity index (χ4n) is 2.71. The first-order valence-electron chi connectivity index (χ1n) is 7.11. The zero-order valence-electron chi connectivity index (χ0n) is 12.0. The molecule has 1 fully saturated rings. The van der Waals surface area contributed by atoms with Crippen molar-refractivity contribution in [2.45, 2.75) is 44.9 Å². The average Bonchev–Trinajstić information content (AvgIpc) is 2.83. The molecule has 4 heteroatoms. The Bertz CT molecular complexity index is 573. The van der Waals surface area contributed by atoms with E-state index in [9.17, 15) is 0 Å². The summed E-state index contributed by atoms with van der Waals surface area (Å²) in [5.74, 6) is 1.40. The smallest absolute Gasteiger partial charge is 0.234 e. The van der Waals surface area contributed by atoms with E-state index in [2.05, 4.69) is 52.7 Å². The molecule has 3 heterocycles. The Hall–Kier alpha value is -1.42. The Kier molecular flexibility index (Phi) is 3.05. The summed E-state index contributed by atoms with van der Waals surface area (Å²) in [6, 6.07) is 2.14. The Labute approximate surface area is 114 Å². The molecule has 19 heavy (non-hydrogen) atoms. The molecule has 1 N–H and O–H groups in total. The quantitative estimate of drug-likeness (QED) is 0.854. The first-order valence-corrected chi connectivity index (χ1v) is 7.11. The Morgan fingerprint density at radius 2 is 2.21 bits per heavy atom. The zero-order chi connectivity index (χ0) is 13.5. The number of aromatic nitrogens is 3. The average molecular weight is 258 g/mol. The van der Waals surface area contributed by atoms with Crippen LogP contribution in [-0.4, -0.2) is 27.5 Å². The molecule has 0 saturated carbocycles. The normalized spacial score (nSPS) is 20.9. The molecule has 0 aromatic carbocycles. The first-order chi connectivity index (χ1) is 9.05. The number of nitrogens with one attached hydrogen (secondary N) is 1. The highest BCUT2D eigenvalue weighted by molar-refractivity contribution is 5.36. The maximum absolute atomic E-state index is 4.67. The van der Waals surface area contributed by atoms with Gasteiger partial charge in [0.15, 0.2) is 0 Å². The molecule has 1 aliphatic heterocycles. The molecule has 0 radical (unpaired) electrons. The Balaban J connectivity index is 2.07. The molecule has 3 rings (SSSR count). The predicted octanol–water partition coefficient (Wildman–Crippen LogP) is 2.49. The lowest BCUT2D eigenvalue weighted by molar-refractivity contribution is 0.451. The van der Waals surface area contributed by atoms with Gasteiger partial charge in [-0.15, -0.1) is 0 Å². The third-order valence-electron chi connectivity index (χ3n) is 3.88. The second kappa shape index (κ2) is 4.60. The second-order valence-electron chi connectivity index (χ2n) is 6.46. The summed E-state index contributed by atoms with van der Waals surface area (Å²) >= 11 is 0. The molecule has 0 aliphatic carbocycles. The maximum atomic E-state index is 4.67. The molecule has 0 bridgehead atoms. The maximum Gasteiger partial charge on any atom is 0.234 e. The van der Waals surface area contributed by atoms with Crippen LogP contribution in [0.3, 0.4) is 0 Å². The van der Waals surface area contributed by atoms with Gasteiger partial charge in [0.25, 0.3) is 0 Å². The number of hydrogen-bond acceptors (Lipinski definition) is 3. The molecule has 0 spiro atoms.